The van der Waals surface area contributed by atoms with Crippen molar-refractivity contribution in [3.63, 3.8) is 0 Å². The van der Waals surface area contributed by atoms with Crippen molar-refractivity contribution in [2.75, 3.05) is 23.5 Å². The Morgan fingerprint density at radius 1 is 0.636 bits per heavy atom. The monoisotopic (exact) mass is 286 g/mol. The molecular weight excluding hydrogens is 268 g/mol. The van der Waals surface area contributed by atoms with E-state index in [0.717, 1.165) is 6.67 Å². The van der Waals surface area contributed by atoms with E-state index in [1.807, 2.05) is 0 Å². The summed E-state index contributed by atoms with van der Waals surface area (Å²) in [6.45, 7) is 0.878. The fourth-order valence-corrected chi connectivity index (χ4v) is 3.16. The van der Waals surface area contributed by atoms with Gasteiger partial charge in [0.1, 0.15) is 0 Å². The number of hydrogen-bond donors (Lipinski definition) is 0. The van der Waals surface area contributed by atoms with Gasteiger partial charge in [-0.25, -0.2) is 0 Å². The maximum absolute atomic E-state index is 2.39. The molecule has 0 saturated carbocycles. The van der Waals surface area contributed by atoms with E-state index in [1.165, 1.54) is 28.2 Å². The second-order valence-corrected chi connectivity index (χ2v) is 5.64. The Hall–Kier alpha value is -2.74. The molecule has 0 atom stereocenters. The van der Waals surface area contributed by atoms with Crippen molar-refractivity contribution in [3.8, 4) is 11.1 Å². The zero-order chi connectivity index (χ0) is 14.9. The van der Waals surface area contributed by atoms with Crippen molar-refractivity contribution in [2.45, 2.75) is 0 Å². The second-order valence-electron chi connectivity index (χ2n) is 5.64. The Morgan fingerprint density at radius 3 is 2.00 bits per heavy atom. The molecule has 1 aliphatic heterocycles. The van der Waals surface area contributed by atoms with Crippen LogP contribution in [-0.4, -0.2) is 13.7 Å². The molecule has 3 aromatic carbocycles. The van der Waals surface area contributed by atoms with Crippen LogP contribution in [0.15, 0.2) is 78.9 Å². The Balaban J connectivity index is 1.86. The maximum Gasteiger partial charge on any atom is 0.0950 e. The summed E-state index contributed by atoms with van der Waals surface area (Å²) >= 11 is 0. The van der Waals surface area contributed by atoms with Gasteiger partial charge in [0.05, 0.1) is 23.7 Å². The summed E-state index contributed by atoms with van der Waals surface area (Å²) in [4.78, 5) is 4.68. The van der Waals surface area contributed by atoms with E-state index in [4.69, 9.17) is 0 Å². The molecule has 0 unspecified atom stereocenters. The number of para-hydroxylation sites is 3. The second kappa shape index (κ2) is 5.23. The molecule has 0 saturated heterocycles. The molecule has 108 valence electrons. The third-order valence-electron chi connectivity index (χ3n) is 4.22. The van der Waals surface area contributed by atoms with E-state index >= 15 is 0 Å². The summed E-state index contributed by atoms with van der Waals surface area (Å²) in [5.41, 5.74) is 6.34. The van der Waals surface area contributed by atoms with E-state index in [9.17, 15) is 0 Å². The molecule has 1 aliphatic rings. The van der Waals surface area contributed by atoms with Crippen LogP contribution in [0.1, 0.15) is 0 Å². The molecule has 0 aliphatic carbocycles. The highest BCUT2D eigenvalue weighted by molar-refractivity contribution is 5.88. The third-order valence-corrected chi connectivity index (χ3v) is 4.22. The van der Waals surface area contributed by atoms with Crippen molar-refractivity contribution in [1.29, 1.82) is 0 Å². The topological polar surface area (TPSA) is 6.48 Å². The average molecular weight is 286 g/mol. The molecule has 0 bridgehead atoms. The molecule has 3 aromatic rings. The third kappa shape index (κ3) is 2.04. The van der Waals surface area contributed by atoms with Crippen LogP contribution in [0.4, 0.5) is 17.1 Å². The van der Waals surface area contributed by atoms with Gasteiger partial charge in [-0.15, -0.1) is 0 Å². The van der Waals surface area contributed by atoms with E-state index < -0.39 is 0 Å². The van der Waals surface area contributed by atoms with Crippen LogP contribution < -0.4 is 9.80 Å². The Bertz CT molecular complexity index is 796. The van der Waals surface area contributed by atoms with Crippen molar-refractivity contribution < 1.29 is 0 Å². The first kappa shape index (κ1) is 13.0. The van der Waals surface area contributed by atoms with Gasteiger partial charge in [0.15, 0.2) is 0 Å². The smallest absolute Gasteiger partial charge is 0.0950 e. The highest BCUT2D eigenvalue weighted by atomic mass is 15.4. The summed E-state index contributed by atoms with van der Waals surface area (Å²) in [6.07, 6.45) is 0. The molecule has 0 fully saturated rings. The van der Waals surface area contributed by atoms with Gasteiger partial charge in [-0.2, -0.15) is 0 Å². The predicted molar refractivity (Wildman–Crippen MR) is 93.7 cm³/mol. The summed E-state index contributed by atoms with van der Waals surface area (Å²) in [5.74, 6) is 0. The number of fused-ring (bicyclic) bond motifs is 1. The lowest BCUT2D eigenvalue weighted by molar-refractivity contribution is 0.950. The maximum atomic E-state index is 2.39. The Labute approximate surface area is 131 Å². The SMILES string of the molecule is CN1CN(c2ccccc2-c2ccccc2)c2ccccc21. The van der Waals surface area contributed by atoms with E-state index in [2.05, 4.69) is 95.7 Å². The van der Waals surface area contributed by atoms with Crippen LogP contribution in [0.5, 0.6) is 0 Å². The Morgan fingerprint density at radius 2 is 1.23 bits per heavy atom. The van der Waals surface area contributed by atoms with Gasteiger partial charge in [-0.3, -0.25) is 0 Å². The predicted octanol–water partition coefficient (Wildman–Crippen LogP) is 4.90. The molecule has 22 heavy (non-hydrogen) atoms. The molecule has 0 N–H and O–H groups in total. The standard InChI is InChI=1S/C20H18N2/c1-21-15-22(20-14-8-7-13-19(20)21)18-12-6-5-11-17(18)16-9-3-2-4-10-16/h2-14H,15H2,1H3. The number of nitrogens with zero attached hydrogens (tertiary/aromatic N) is 2. The molecule has 0 spiro atoms. The number of hydrogen-bond acceptors (Lipinski definition) is 2. The lowest BCUT2D eigenvalue weighted by atomic mass is 10.0. The van der Waals surface area contributed by atoms with Gasteiger partial charge in [-0.1, -0.05) is 60.7 Å². The van der Waals surface area contributed by atoms with Crippen LogP contribution in [0.25, 0.3) is 11.1 Å². The van der Waals surface area contributed by atoms with Crippen LogP contribution in [0.2, 0.25) is 0 Å². The van der Waals surface area contributed by atoms with Gasteiger partial charge in [-0.05, 0) is 23.8 Å². The van der Waals surface area contributed by atoms with Gasteiger partial charge in [0, 0.05) is 12.6 Å². The largest absolute Gasteiger partial charge is 0.355 e. The zero-order valence-corrected chi connectivity index (χ0v) is 12.6. The van der Waals surface area contributed by atoms with Crippen LogP contribution in [0, 0.1) is 0 Å². The minimum absolute atomic E-state index is 0.878. The van der Waals surface area contributed by atoms with Crippen molar-refractivity contribution in [1.82, 2.24) is 0 Å². The molecule has 0 radical (unpaired) electrons. The quantitative estimate of drug-likeness (QED) is 0.661. The lowest BCUT2D eigenvalue weighted by Crippen LogP contribution is -2.24. The highest BCUT2D eigenvalue weighted by Crippen LogP contribution is 2.42. The van der Waals surface area contributed by atoms with Crippen LogP contribution >= 0.6 is 0 Å². The fraction of sp³-hybridized carbons (Fsp3) is 0.100. The van der Waals surface area contributed by atoms with Crippen LogP contribution in [-0.2, 0) is 0 Å². The minimum Gasteiger partial charge on any atom is -0.355 e. The first-order valence-corrected chi connectivity index (χ1v) is 7.57. The van der Waals surface area contributed by atoms with E-state index in [-0.39, 0.29) is 0 Å². The molecule has 2 heteroatoms. The minimum atomic E-state index is 0.878. The van der Waals surface area contributed by atoms with E-state index in [1.54, 1.807) is 0 Å². The first-order chi connectivity index (χ1) is 10.8. The van der Waals surface area contributed by atoms with Gasteiger partial charge >= 0.3 is 0 Å². The van der Waals surface area contributed by atoms with Crippen molar-refractivity contribution in [2.24, 2.45) is 0 Å². The molecular formula is C20H18N2. The zero-order valence-electron chi connectivity index (χ0n) is 12.6. The molecule has 2 nitrogen and oxygen atoms in total. The molecule has 1 heterocycles. The summed E-state index contributed by atoms with van der Waals surface area (Å²) in [6, 6.07) is 27.8. The van der Waals surface area contributed by atoms with Crippen molar-refractivity contribution in [3.05, 3.63) is 78.9 Å². The van der Waals surface area contributed by atoms with E-state index in [0.29, 0.717) is 0 Å². The van der Waals surface area contributed by atoms with Gasteiger partial charge in [0.25, 0.3) is 0 Å². The fourth-order valence-electron chi connectivity index (χ4n) is 3.16. The summed E-state index contributed by atoms with van der Waals surface area (Å²) in [5, 5.41) is 0. The molecule has 0 amide bonds. The van der Waals surface area contributed by atoms with Gasteiger partial charge in [0.2, 0.25) is 0 Å². The molecule has 4 rings (SSSR count). The highest BCUT2D eigenvalue weighted by Gasteiger charge is 2.25. The van der Waals surface area contributed by atoms with Crippen LogP contribution in [0.3, 0.4) is 0 Å². The Kier molecular flexibility index (Phi) is 3.08. The normalized spacial score (nSPS) is 13.3. The lowest BCUT2D eigenvalue weighted by Gasteiger charge is -2.22. The van der Waals surface area contributed by atoms with Crippen molar-refractivity contribution >= 4 is 17.1 Å². The average Bonchev–Trinajstić information content (AvgIpc) is 2.93. The summed E-state index contributed by atoms with van der Waals surface area (Å²) in [7, 11) is 2.14. The number of benzene rings is 3. The van der Waals surface area contributed by atoms with Gasteiger partial charge < -0.3 is 9.80 Å². The molecule has 0 aromatic heterocycles. The first-order valence-electron chi connectivity index (χ1n) is 7.57. The number of anilines is 3. The summed E-state index contributed by atoms with van der Waals surface area (Å²) < 4.78 is 0. The number of rotatable bonds is 2.